The van der Waals surface area contributed by atoms with E-state index in [1.54, 1.807) is 6.07 Å². The minimum absolute atomic E-state index is 0.206. The molecule has 0 unspecified atom stereocenters. The molecule has 1 heterocycles. The number of nitrogens with two attached hydrogens (primary N) is 1. The highest BCUT2D eigenvalue weighted by molar-refractivity contribution is 6.30. The summed E-state index contributed by atoms with van der Waals surface area (Å²) >= 11 is 5.87. The van der Waals surface area contributed by atoms with Crippen LogP contribution in [0.2, 0.25) is 5.15 Å². The molecule has 0 bridgehead atoms. The Morgan fingerprint density at radius 2 is 2.10 bits per heavy atom. The SMILES string of the molecule is CCCc1ccccc1NC(=O)c1cc(Cl)nc(NN)c1. The number of hydrogen-bond donors (Lipinski definition) is 3. The van der Waals surface area contributed by atoms with Crippen LogP contribution in [0.3, 0.4) is 0 Å². The van der Waals surface area contributed by atoms with Crippen LogP contribution in [0.25, 0.3) is 0 Å². The summed E-state index contributed by atoms with van der Waals surface area (Å²) in [5.74, 6) is 5.39. The highest BCUT2D eigenvalue weighted by Crippen LogP contribution is 2.19. The Bertz CT molecular complexity index is 645. The van der Waals surface area contributed by atoms with E-state index in [2.05, 4.69) is 22.7 Å². The molecule has 0 atom stereocenters. The molecule has 1 amide bonds. The van der Waals surface area contributed by atoms with Crippen molar-refractivity contribution in [2.24, 2.45) is 5.84 Å². The van der Waals surface area contributed by atoms with E-state index in [0.29, 0.717) is 11.4 Å². The first-order chi connectivity index (χ1) is 10.1. The summed E-state index contributed by atoms with van der Waals surface area (Å²) in [7, 11) is 0. The Kier molecular flexibility index (Phi) is 5.14. The first-order valence-corrected chi connectivity index (χ1v) is 7.05. The van der Waals surface area contributed by atoms with Crippen molar-refractivity contribution >= 4 is 29.0 Å². The Morgan fingerprint density at radius 3 is 2.81 bits per heavy atom. The first kappa shape index (κ1) is 15.3. The van der Waals surface area contributed by atoms with Crippen molar-refractivity contribution in [2.45, 2.75) is 19.8 Å². The van der Waals surface area contributed by atoms with Gasteiger partial charge in [0, 0.05) is 11.3 Å². The van der Waals surface area contributed by atoms with E-state index < -0.39 is 0 Å². The van der Waals surface area contributed by atoms with Gasteiger partial charge in [-0.15, -0.1) is 0 Å². The number of hydrazine groups is 1. The molecule has 0 aliphatic rings. The normalized spacial score (nSPS) is 10.2. The summed E-state index contributed by atoms with van der Waals surface area (Å²) in [6.45, 7) is 2.10. The number of para-hydroxylation sites is 1. The summed E-state index contributed by atoms with van der Waals surface area (Å²) in [6, 6.07) is 10.8. The van der Waals surface area contributed by atoms with Crippen molar-refractivity contribution in [1.82, 2.24) is 4.98 Å². The number of pyridine rings is 1. The maximum absolute atomic E-state index is 12.3. The summed E-state index contributed by atoms with van der Waals surface area (Å²) < 4.78 is 0. The van der Waals surface area contributed by atoms with Crippen molar-refractivity contribution < 1.29 is 4.79 Å². The smallest absolute Gasteiger partial charge is 0.255 e. The fraction of sp³-hybridized carbons (Fsp3) is 0.200. The highest BCUT2D eigenvalue weighted by atomic mass is 35.5. The zero-order valence-electron chi connectivity index (χ0n) is 11.7. The van der Waals surface area contributed by atoms with Gasteiger partial charge in [0.15, 0.2) is 0 Å². The van der Waals surface area contributed by atoms with Gasteiger partial charge in [-0.05, 0) is 30.2 Å². The number of carbonyl (C=O) groups excluding carboxylic acids is 1. The molecular weight excluding hydrogens is 288 g/mol. The van der Waals surface area contributed by atoms with E-state index in [4.69, 9.17) is 17.4 Å². The quantitative estimate of drug-likeness (QED) is 0.450. The molecule has 0 saturated heterocycles. The lowest BCUT2D eigenvalue weighted by atomic mass is 10.1. The van der Waals surface area contributed by atoms with Crippen LogP contribution < -0.4 is 16.6 Å². The zero-order valence-corrected chi connectivity index (χ0v) is 12.4. The average molecular weight is 305 g/mol. The number of aromatic nitrogens is 1. The van der Waals surface area contributed by atoms with E-state index in [1.807, 2.05) is 24.3 Å². The summed E-state index contributed by atoms with van der Waals surface area (Å²) in [4.78, 5) is 16.3. The minimum Gasteiger partial charge on any atom is -0.322 e. The molecule has 2 aromatic rings. The van der Waals surface area contributed by atoms with Gasteiger partial charge in [0.2, 0.25) is 0 Å². The lowest BCUT2D eigenvalue weighted by Crippen LogP contribution is -2.15. The zero-order chi connectivity index (χ0) is 15.2. The number of aryl methyl sites for hydroxylation is 1. The number of rotatable bonds is 5. The van der Waals surface area contributed by atoms with Crippen LogP contribution in [0.5, 0.6) is 0 Å². The second-order valence-corrected chi connectivity index (χ2v) is 4.96. The summed E-state index contributed by atoms with van der Waals surface area (Å²) in [6.07, 6.45) is 1.92. The maximum atomic E-state index is 12.3. The third kappa shape index (κ3) is 3.93. The van der Waals surface area contributed by atoms with E-state index in [-0.39, 0.29) is 11.1 Å². The van der Waals surface area contributed by atoms with Gasteiger partial charge in [-0.1, -0.05) is 43.1 Å². The van der Waals surface area contributed by atoms with E-state index in [9.17, 15) is 4.79 Å². The lowest BCUT2D eigenvalue weighted by Gasteiger charge is -2.11. The van der Waals surface area contributed by atoms with Gasteiger partial charge < -0.3 is 10.7 Å². The standard InChI is InChI=1S/C15H17ClN4O/c1-2-5-10-6-3-4-7-12(10)18-15(21)11-8-13(16)19-14(9-11)20-17/h3-4,6-9H,2,5,17H2,1H3,(H,18,21)(H,19,20). The monoisotopic (exact) mass is 304 g/mol. The molecule has 0 spiro atoms. The Morgan fingerprint density at radius 1 is 1.33 bits per heavy atom. The molecular formula is C15H17ClN4O. The van der Waals surface area contributed by atoms with Crippen LogP contribution in [0, 0.1) is 0 Å². The molecule has 0 radical (unpaired) electrons. The van der Waals surface area contributed by atoms with Crippen LogP contribution in [0.4, 0.5) is 11.5 Å². The average Bonchev–Trinajstić information content (AvgIpc) is 2.48. The Labute approximate surface area is 128 Å². The van der Waals surface area contributed by atoms with Crippen LogP contribution in [0.15, 0.2) is 36.4 Å². The van der Waals surface area contributed by atoms with Crippen LogP contribution in [0.1, 0.15) is 29.3 Å². The maximum Gasteiger partial charge on any atom is 0.255 e. The number of halogens is 1. The number of anilines is 2. The number of benzene rings is 1. The van der Waals surface area contributed by atoms with Gasteiger partial charge >= 0.3 is 0 Å². The molecule has 5 nitrogen and oxygen atoms in total. The predicted octanol–water partition coefficient (Wildman–Crippen LogP) is 3.23. The fourth-order valence-electron chi connectivity index (χ4n) is 2.03. The highest BCUT2D eigenvalue weighted by Gasteiger charge is 2.11. The van der Waals surface area contributed by atoms with Gasteiger partial charge in [0.05, 0.1) is 0 Å². The van der Waals surface area contributed by atoms with Crippen LogP contribution in [-0.2, 0) is 6.42 Å². The fourth-order valence-corrected chi connectivity index (χ4v) is 2.23. The van der Waals surface area contributed by atoms with Gasteiger partial charge in [-0.3, -0.25) is 4.79 Å². The van der Waals surface area contributed by atoms with Crippen molar-refractivity contribution in [3.8, 4) is 0 Å². The van der Waals surface area contributed by atoms with Crippen molar-refractivity contribution in [3.63, 3.8) is 0 Å². The molecule has 110 valence electrons. The lowest BCUT2D eigenvalue weighted by molar-refractivity contribution is 0.102. The largest absolute Gasteiger partial charge is 0.322 e. The third-order valence-electron chi connectivity index (χ3n) is 2.99. The molecule has 0 aliphatic carbocycles. The number of hydrogen-bond acceptors (Lipinski definition) is 4. The Hall–Kier alpha value is -2.11. The molecule has 0 fully saturated rings. The predicted molar refractivity (Wildman–Crippen MR) is 85.4 cm³/mol. The first-order valence-electron chi connectivity index (χ1n) is 6.67. The van der Waals surface area contributed by atoms with E-state index in [1.165, 1.54) is 6.07 Å². The van der Waals surface area contributed by atoms with Crippen LogP contribution in [-0.4, -0.2) is 10.9 Å². The van der Waals surface area contributed by atoms with Gasteiger partial charge in [0.1, 0.15) is 11.0 Å². The van der Waals surface area contributed by atoms with Gasteiger partial charge in [-0.2, -0.15) is 0 Å². The number of nitrogens with zero attached hydrogens (tertiary/aromatic N) is 1. The molecule has 0 aliphatic heterocycles. The second-order valence-electron chi connectivity index (χ2n) is 4.57. The summed E-state index contributed by atoms with van der Waals surface area (Å²) in [5, 5.41) is 3.10. The third-order valence-corrected chi connectivity index (χ3v) is 3.18. The molecule has 21 heavy (non-hydrogen) atoms. The number of carbonyl (C=O) groups is 1. The minimum atomic E-state index is -0.251. The van der Waals surface area contributed by atoms with Crippen molar-refractivity contribution in [3.05, 3.63) is 52.7 Å². The molecule has 1 aromatic carbocycles. The van der Waals surface area contributed by atoms with Gasteiger partial charge in [0.25, 0.3) is 5.91 Å². The second kappa shape index (κ2) is 7.06. The van der Waals surface area contributed by atoms with E-state index >= 15 is 0 Å². The van der Waals surface area contributed by atoms with Gasteiger partial charge in [-0.25, -0.2) is 10.8 Å². The Balaban J connectivity index is 2.24. The van der Waals surface area contributed by atoms with Crippen LogP contribution >= 0.6 is 11.6 Å². The van der Waals surface area contributed by atoms with E-state index in [0.717, 1.165) is 24.1 Å². The molecule has 0 saturated carbocycles. The molecule has 1 aromatic heterocycles. The number of nitrogen functional groups attached to an aromatic ring is 1. The topological polar surface area (TPSA) is 80.0 Å². The molecule has 4 N–H and O–H groups in total. The van der Waals surface area contributed by atoms with Crippen molar-refractivity contribution in [1.29, 1.82) is 0 Å². The van der Waals surface area contributed by atoms with Crippen molar-refractivity contribution in [2.75, 3.05) is 10.7 Å². The number of nitrogens with one attached hydrogen (secondary N) is 2. The number of amides is 1. The molecule has 6 heteroatoms. The summed E-state index contributed by atoms with van der Waals surface area (Å²) in [5.41, 5.74) is 4.69. The molecule has 2 rings (SSSR count).